The molecule has 0 N–H and O–H groups in total. The van der Waals surface area contributed by atoms with Crippen LogP contribution in [0.3, 0.4) is 0 Å². The third kappa shape index (κ3) is 4.63. The number of hydrogen-bond donors (Lipinski definition) is 0. The standard InChI is InChI=1S/C18H21N3O4/c1-18(2,3)14-6-9-16(13(10-14)11-19)20-25-17(22)12-4-7-15(8-5-12)21(23)24/h4-5,7-8,13-14H,6,9-10H2,1-3H3. The predicted octanol–water partition coefficient (Wildman–Crippen LogP) is 4.09. The van der Waals surface area contributed by atoms with Crippen molar-refractivity contribution >= 4 is 17.4 Å². The molecule has 0 radical (unpaired) electrons. The van der Waals surface area contributed by atoms with Gasteiger partial charge in [0.2, 0.25) is 0 Å². The summed E-state index contributed by atoms with van der Waals surface area (Å²) in [6, 6.07) is 7.34. The van der Waals surface area contributed by atoms with Crippen LogP contribution in [0.4, 0.5) is 5.69 Å². The minimum atomic E-state index is -0.697. The predicted molar refractivity (Wildman–Crippen MR) is 91.8 cm³/mol. The van der Waals surface area contributed by atoms with E-state index in [4.69, 9.17) is 4.84 Å². The number of rotatable bonds is 3. The summed E-state index contributed by atoms with van der Waals surface area (Å²) in [4.78, 5) is 27.0. The molecule has 7 nitrogen and oxygen atoms in total. The van der Waals surface area contributed by atoms with E-state index in [1.54, 1.807) is 0 Å². The summed E-state index contributed by atoms with van der Waals surface area (Å²) in [6.07, 6.45) is 2.22. The van der Waals surface area contributed by atoms with Crippen LogP contribution in [0.2, 0.25) is 0 Å². The van der Waals surface area contributed by atoms with Crippen molar-refractivity contribution in [3.8, 4) is 6.07 Å². The van der Waals surface area contributed by atoms with E-state index in [0.717, 1.165) is 6.42 Å². The Morgan fingerprint density at radius 2 is 2.00 bits per heavy atom. The zero-order chi connectivity index (χ0) is 18.6. The molecule has 0 saturated heterocycles. The number of nitro groups is 1. The van der Waals surface area contributed by atoms with E-state index >= 15 is 0 Å². The molecule has 1 aliphatic rings. The molecule has 2 rings (SSSR count). The molecule has 0 aromatic heterocycles. The van der Waals surface area contributed by atoms with Crippen LogP contribution in [0.1, 0.15) is 50.4 Å². The second kappa shape index (κ2) is 7.43. The third-order valence-electron chi connectivity index (χ3n) is 4.61. The minimum absolute atomic E-state index is 0.104. The maximum Gasteiger partial charge on any atom is 0.365 e. The average Bonchev–Trinajstić information content (AvgIpc) is 2.58. The second-order valence-electron chi connectivity index (χ2n) is 7.28. The summed E-state index contributed by atoms with van der Waals surface area (Å²) in [7, 11) is 0. The second-order valence-corrected chi connectivity index (χ2v) is 7.28. The number of carbonyl (C=O) groups excluding carboxylic acids is 1. The topological polar surface area (TPSA) is 106 Å². The first-order chi connectivity index (χ1) is 11.7. The Hall–Kier alpha value is -2.75. The molecule has 0 amide bonds. The summed E-state index contributed by atoms with van der Waals surface area (Å²) in [5.74, 6) is -0.638. The summed E-state index contributed by atoms with van der Waals surface area (Å²) < 4.78 is 0. The van der Waals surface area contributed by atoms with Gasteiger partial charge >= 0.3 is 5.97 Å². The van der Waals surface area contributed by atoms with Gasteiger partial charge in [0.1, 0.15) is 0 Å². The Bertz CT molecular complexity index is 726. The zero-order valence-corrected chi connectivity index (χ0v) is 14.6. The van der Waals surface area contributed by atoms with Crippen LogP contribution in [0.5, 0.6) is 0 Å². The molecule has 2 atom stereocenters. The molecular weight excluding hydrogens is 322 g/mol. The van der Waals surface area contributed by atoms with Gasteiger partial charge in [-0.2, -0.15) is 5.26 Å². The molecule has 7 heteroatoms. The quantitative estimate of drug-likeness (QED) is 0.467. The van der Waals surface area contributed by atoms with Gasteiger partial charge in [0.05, 0.1) is 28.2 Å². The lowest BCUT2D eigenvalue weighted by atomic mass is 9.69. The summed E-state index contributed by atoms with van der Waals surface area (Å²) in [6.45, 7) is 6.47. The largest absolute Gasteiger partial charge is 0.365 e. The lowest BCUT2D eigenvalue weighted by Crippen LogP contribution is -2.31. The number of nitro benzene ring substituents is 1. The van der Waals surface area contributed by atoms with E-state index in [2.05, 4.69) is 32.0 Å². The molecule has 1 aliphatic carbocycles. The lowest BCUT2D eigenvalue weighted by Gasteiger charge is -2.35. The van der Waals surface area contributed by atoms with Gasteiger partial charge in [0.25, 0.3) is 5.69 Å². The number of oxime groups is 1. The monoisotopic (exact) mass is 343 g/mol. The lowest BCUT2D eigenvalue weighted by molar-refractivity contribution is -0.384. The van der Waals surface area contributed by atoms with Crippen molar-refractivity contribution in [1.29, 1.82) is 5.26 Å². The van der Waals surface area contributed by atoms with Crippen molar-refractivity contribution in [2.24, 2.45) is 22.4 Å². The van der Waals surface area contributed by atoms with Crippen molar-refractivity contribution in [1.82, 2.24) is 0 Å². The number of non-ortho nitro benzene ring substituents is 1. The average molecular weight is 343 g/mol. The number of hydrogen-bond acceptors (Lipinski definition) is 6. The molecule has 0 bridgehead atoms. The first kappa shape index (κ1) is 18.6. The van der Waals surface area contributed by atoms with Crippen LogP contribution in [0.25, 0.3) is 0 Å². The molecule has 1 fully saturated rings. The Labute approximate surface area is 146 Å². The Kier molecular flexibility index (Phi) is 5.52. The Morgan fingerprint density at radius 3 is 2.52 bits per heavy atom. The van der Waals surface area contributed by atoms with E-state index in [0.29, 0.717) is 24.5 Å². The third-order valence-corrected chi connectivity index (χ3v) is 4.61. The zero-order valence-electron chi connectivity index (χ0n) is 14.6. The van der Waals surface area contributed by atoms with E-state index < -0.39 is 10.9 Å². The van der Waals surface area contributed by atoms with Crippen LogP contribution >= 0.6 is 0 Å². The number of nitriles is 1. The first-order valence-corrected chi connectivity index (χ1v) is 8.14. The highest BCUT2D eigenvalue weighted by Gasteiger charge is 2.34. The maximum absolute atomic E-state index is 12.0. The van der Waals surface area contributed by atoms with Crippen LogP contribution in [-0.4, -0.2) is 16.6 Å². The van der Waals surface area contributed by atoms with Crippen molar-refractivity contribution in [2.75, 3.05) is 0 Å². The first-order valence-electron chi connectivity index (χ1n) is 8.14. The molecule has 132 valence electrons. The highest BCUT2D eigenvalue weighted by molar-refractivity contribution is 5.92. The SMILES string of the molecule is CC(C)(C)C1CCC(=NOC(=O)c2ccc([N+](=O)[O-])cc2)C(C#N)C1. The van der Waals surface area contributed by atoms with Gasteiger partial charge in [0.15, 0.2) is 0 Å². The molecule has 1 aromatic rings. The fraction of sp³-hybridized carbons (Fsp3) is 0.500. The molecule has 0 aliphatic heterocycles. The van der Waals surface area contributed by atoms with Gasteiger partial charge in [-0.1, -0.05) is 25.9 Å². The van der Waals surface area contributed by atoms with Gasteiger partial charge in [-0.15, -0.1) is 0 Å². The van der Waals surface area contributed by atoms with Crippen LogP contribution in [-0.2, 0) is 4.84 Å². The highest BCUT2D eigenvalue weighted by atomic mass is 16.7. The van der Waals surface area contributed by atoms with E-state index in [-0.39, 0.29) is 22.6 Å². The fourth-order valence-electron chi connectivity index (χ4n) is 2.93. The van der Waals surface area contributed by atoms with Crippen LogP contribution < -0.4 is 0 Å². The summed E-state index contributed by atoms with van der Waals surface area (Å²) in [5.41, 5.74) is 0.772. The molecule has 25 heavy (non-hydrogen) atoms. The molecule has 1 aromatic carbocycles. The number of benzene rings is 1. The van der Waals surface area contributed by atoms with Crippen molar-refractivity contribution < 1.29 is 14.6 Å². The summed E-state index contributed by atoms with van der Waals surface area (Å²) in [5, 5.41) is 23.9. The smallest absolute Gasteiger partial charge is 0.313 e. The molecule has 0 heterocycles. The number of carbonyl (C=O) groups is 1. The van der Waals surface area contributed by atoms with Crippen molar-refractivity contribution in [3.05, 3.63) is 39.9 Å². The van der Waals surface area contributed by atoms with Crippen molar-refractivity contribution in [3.63, 3.8) is 0 Å². The van der Waals surface area contributed by atoms with Gasteiger partial charge in [-0.3, -0.25) is 10.1 Å². The van der Waals surface area contributed by atoms with E-state index in [1.807, 2.05) is 0 Å². The Morgan fingerprint density at radius 1 is 1.36 bits per heavy atom. The van der Waals surface area contributed by atoms with Crippen molar-refractivity contribution in [2.45, 2.75) is 40.0 Å². The van der Waals surface area contributed by atoms with E-state index in [1.165, 1.54) is 24.3 Å². The maximum atomic E-state index is 12.0. The normalized spacial score (nSPS) is 22.2. The Balaban J connectivity index is 2.04. The van der Waals surface area contributed by atoms with Gasteiger partial charge in [-0.25, -0.2) is 4.79 Å². The number of nitrogens with zero attached hydrogens (tertiary/aromatic N) is 3. The summed E-state index contributed by atoms with van der Waals surface area (Å²) >= 11 is 0. The van der Waals surface area contributed by atoms with Crippen LogP contribution in [0, 0.1) is 38.7 Å². The molecule has 0 spiro atoms. The molecule has 2 unspecified atom stereocenters. The van der Waals surface area contributed by atoms with Gasteiger partial charge in [0, 0.05) is 12.1 Å². The fourth-order valence-corrected chi connectivity index (χ4v) is 2.93. The van der Waals surface area contributed by atoms with E-state index in [9.17, 15) is 20.2 Å². The van der Waals surface area contributed by atoms with Gasteiger partial charge in [-0.05, 0) is 42.7 Å². The highest BCUT2D eigenvalue weighted by Crippen LogP contribution is 2.39. The molecule has 1 saturated carbocycles. The molecular formula is C18H21N3O4. The van der Waals surface area contributed by atoms with Gasteiger partial charge < -0.3 is 4.84 Å². The van der Waals surface area contributed by atoms with Crippen LogP contribution in [0.15, 0.2) is 29.4 Å². The minimum Gasteiger partial charge on any atom is -0.313 e.